The molecule has 0 aromatic heterocycles. The van der Waals surface area contributed by atoms with Gasteiger partial charge in [-0.05, 0) is 12.5 Å². The first kappa shape index (κ1) is 7.48. The normalized spacial score (nSPS) is 17.8. The van der Waals surface area contributed by atoms with Gasteiger partial charge in [0.05, 0.1) is 0 Å². The number of carbonyl (C=O) groups is 2. The summed E-state index contributed by atoms with van der Waals surface area (Å²) in [5, 5.41) is 10.5. The van der Waals surface area contributed by atoms with Gasteiger partial charge in [-0.1, -0.05) is 0 Å². The number of imide groups is 1. The average Bonchev–Trinajstić information content (AvgIpc) is 1.85. The standard InChI is InChI=1S/C7H6N2O2/c1-4-2-6(10)9-7(11)5(4)3-8/h2H2,1H3,(H,9,10,11). The quantitative estimate of drug-likeness (QED) is 0.489. The number of nitrogens with zero attached hydrogens (tertiary/aromatic N) is 1. The summed E-state index contributed by atoms with van der Waals surface area (Å²) in [6.45, 7) is 1.61. The topological polar surface area (TPSA) is 70.0 Å². The molecule has 0 spiro atoms. The molecule has 0 atom stereocenters. The van der Waals surface area contributed by atoms with Crippen molar-refractivity contribution in [1.82, 2.24) is 5.32 Å². The van der Waals surface area contributed by atoms with E-state index in [0.717, 1.165) is 0 Å². The number of rotatable bonds is 0. The number of nitrogens with one attached hydrogen (secondary N) is 1. The molecule has 1 aliphatic rings. The van der Waals surface area contributed by atoms with E-state index >= 15 is 0 Å². The Morgan fingerprint density at radius 1 is 1.55 bits per heavy atom. The van der Waals surface area contributed by atoms with E-state index in [1.165, 1.54) is 0 Å². The Balaban J connectivity index is 3.07. The van der Waals surface area contributed by atoms with Gasteiger partial charge in [0.25, 0.3) is 5.91 Å². The maximum absolute atomic E-state index is 10.8. The number of hydrogen-bond donors (Lipinski definition) is 1. The minimum Gasteiger partial charge on any atom is -0.291 e. The highest BCUT2D eigenvalue weighted by Crippen LogP contribution is 2.11. The van der Waals surface area contributed by atoms with E-state index in [9.17, 15) is 9.59 Å². The molecule has 0 saturated carbocycles. The Morgan fingerprint density at radius 3 is 2.64 bits per heavy atom. The molecule has 1 aliphatic heterocycles. The molecule has 11 heavy (non-hydrogen) atoms. The van der Waals surface area contributed by atoms with E-state index < -0.39 is 5.91 Å². The number of amides is 2. The first-order valence-electron chi connectivity index (χ1n) is 3.09. The minimum absolute atomic E-state index is 0.0598. The van der Waals surface area contributed by atoms with Crippen molar-refractivity contribution in [2.75, 3.05) is 0 Å². The maximum atomic E-state index is 10.8. The van der Waals surface area contributed by atoms with E-state index in [1.807, 2.05) is 0 Å². The third-order valence-corrected chi connectivity index (χ3v) is 1.44. The highest BCUT2D eigenvalue weighted by Gasteiger charge is 2.21. The average molecular weight is 150 g/mol. The Bertz CT molecular complexity index is 296. The van der Waals surface area contributed by atoms with Crippen molar-refractivity contribution in [3.63, 3.8) is 0 Å². The van der Waals surface area contributed by atoms with E-state index in [-0.39, 0.29) is 17.9 Å². The van der Waals surface area contributed by atoms with Crippen LogP contribution in [0.3, 0.4) is 0 Å². The van der Waals surface area contributed by atoms with Gasteiger partial charge < -0.3 is 0 Å². The van der Waals surface area contributed by atoms with Crippen LogP contribution in [-0.4, -0.2) is 11.8 Å². The van der Waals surface area contributed by atoms with Crippen LogP contribution in [0.5, 0.6) is 0 Å². The van der Waals surface area contributed by atoms with Crippen molar-refractivity contribution in [2.24, 2.45) is 0 Å². The Hall–Kier alpha value is -1.63. The SMILES string of the molecule is CC1=C(C#N)C(=O)NC(=O)C1. The van der Waals surface area contributed by atoms with Crippen molar-refractivity contribution in [3.8, 4) is 6.07 Å². The van der Waals surface area contributed by atoms with E-state index in [2.05, 4.69) is 5.32 Å². The second-order valence-corrected chi connectivity index (χ2v) is 2.32. The van der Waals surface area contributed by atoms with E-state index in [0.29, 0.717) is 5.57 Å². The zero-order valence-electron chi connectivity index (χ0n) is 5.97. The predicted octanol–water partition coefficient (Wildman–Crippen LogP) is -0.127. The van der Waals surface area contributed by atoms with Gasteiger partial charge in [0, 0.05) is 6.42 Å². The van der Waals surface area contributed by atoms with Crippen LogP contribution in [0.4, 0.5) is 0 Å². The van der Waals surface area contributed by atoms with Crippen LogP contribution < -0.4 is 5.32 Å². The third kappa shape index (κ3) is 1.27. The third-order valence-electron chi connectivity index (χ3n) is 1.44. The van der Waals surface area contributed by atoms with Crippen molar-refractivity contribution >= 4 is 11.8 Å². The Kier molecular flexibility index (Phi) is 1.73. The van der Waals surface area contributed by atoms with Gasteiger partial charge in [0.2, 0.25) is 5.91 Å². The molecule has 4 heteroatoms. The molecule has 1 N–H and O–H groups in total. The minimum atomic E-state index is -0.582. The lowest BCUT2D eigenvalue weighted by molar-refractivity contribution is -0.128. The molecule has 2 amide bonds. The number of hydrogen-bond acceptors (Lipinski definition) is 3. The highest BCUT2D eigenvalue weighted by atomic mass is 16.2. The maximum Gasteiger partial charge on any atom is 0.268 e. The molecule has 1 rings (SSSR count). The van der Waals surface area contributed by atoms with E-state index in [4.69, 9.17) is 5.26 Å². The van der Waals surface area contributed by atoms with E-state index in [1.54, 1.807) is 13.0 Å². The smallest absolute Gasteiger partial charge is 0.268 e. The fraction of sp³-hybridized carbons (Fsp3) is 0.286. The van der Waals surface area contributed by atoms with Gasteiger partial charge in [0.15, 0.2) is 0 Å². The van der Waals surface area contributed by atoms with Gasteiger partial charge >= 0.3 is 0 Å². The summed E-state index contributed by atoms with van der Waals surface area (Å²) in [6.07, 6.45) is 0.147. The summed E-state index contributed by atoms with van der Waals surface area (Å²) >= 11 is 0. The number of nitriles is 1. The van der Waals surface area contributed by atoms with Crippen LogP contribution in [0.2, 0.25) is 0 Å². The van der Waals surface area contributed by atoms with Gasteiger partial charge in [-0.3, -0.25) is 14.9 Å². The van der Waals surface area contributed by atoms with Crippen molar-refractivity contribution < 1.29 is 9.59 Å². The largest absolute Gasteiger partial charge is 0.291 e. The van der Waals surface area contributed by atoms with Crippen LogP contribution in [0.15, 0.2) is 11.1 Å². The lowest BCUT2D eigenvalue weighted by Gasteiger charge is -2.10. The van der Waals surface area contributed by atoms with Crippen molar-refractivity contribution in [2.45, 2.75) is 13.3 Å². The number of carbonyl (C=O) groups excluding carboxylic acids is 2. The van der Waals surface area contributed by atoms with Crippen molar-refractivity contribution in [1.29, 1.82) is 5.26 Å². The first-order chi connectivity index (χ1) is 5.15. The second kappa shape index (κ2) is 2.54. The van der Waals surface area contributed by atoms with Crippen LogP contribution in [0, 0.1) is 11.3 Å². The summed E-state index contributed by atoms with van der Waals surface area (Å²) in [6, 6.07) is 1.74. The predicted molar refractivity (Wildman–Crippen MR) is 36.1 cm³/mol. The molecular formula is C7H6N2O2. The molecule has 0 bridgehead atoms. The van der Waals surface area contributed by atoms with Gasteiger partial charge in [0.1, 0.15) is 11.6 Å². The lowest BCUT2D eigenvalue weighted by atomic mass is 10.0. The van der Waals surface area contributed by atoms with Gasteiger partial charge in [-0.25, -0.2) is 0 Å². The zero-order chi connectivity index (χ0) is 8.43. The second-order valence-electron chi connectivity index (χ2n) is 2.32. The molecule has 0 unspecified atom stereocenters. The summed E-state index contributed by atoms with van der Waals surface area (Å²) < 4.78 is 0. The summed E-state index contributed by atoms with van der Waals surface area (Å²) in [4.78, 5) is 21.5. The van der Waals surface area contributed by atoms with Crippen LogP contribution in [-0.2, 0) is 9.59 Å². The molecule has 1 heterocycles. The summed E-state index contributed by atoms with van der Waals surface area (Å²) in [7, 11) is 0. The van der Waals surface area contributed by atoms with Gasteiger partial charge in [-0.2, -0.15) is 5.26 Å². The molecule has 0 saturated heterocycles. The lowest BCUT2D eigenvalue weighted by Crippen LogP contribution is -2.35. The molecule has 0 fully saturated rings. The fourth-order valence-corrected chi connectivity index (χ4v) is 0.903. The summed E-state index contributed by atoms with van der Waals surface area (Å²) in [5.74, 6) is -0.923. The molecule has 0 aliphatic carbocycles. The molecule has 0 aromatic carbocycles. The Labute approximate surface area is 63.5 Å². The molecule has 4 nitrogen and oxygen atoms in total. The van der Waals surface area contributed by atoms with Crippen LogP contribution in [0.25, 0.3) is 0 Å². The molecule has 0 aromatic rings. The fourth-order valence-electron chi connectivity index (χ4n) is 0.903. The zero-order valence-corrected chi connectivity index (χ0v) is 5.97. The molecule has 56 valence electrons. The summed E-state index contributed by atoms with van der Waals surface area (Å²) in [5.41, 5.74) is 0.603. The monoisotopic (exact) mass is 150 g/mol. The first-order valence-corrected chi connectivity index (χ1v) is 3.09. The van der Waals surface area contributed by atoms with Crippen molar-refractivity contribution in [3.05, 3.63) is 11.1 Å². The molecular weight excluding hydrogens is 144 g/mol. The van der Waals surface area contributed by atoms with Crippen LogP contribution in [0.1, 0.15) is 13.3 Å². The Morgan fingerprint density at radius 2 is 2.18 bits per heavy atom. The van der Waals surface area contributed by atoms with Gasteiger partial charge in [-0.15, -0.1) is 0 Å². The molecule has 0 radical (unpaired) electrons. The highest BCUT2D eigenvalue weighted by molar-refractivity contribution is 6.10. The van der Waals surface area contributed by atoms with Crippen LogP contribution >= 0.6 is 0 Å².